The number of nitrogens with one attached hydrogen (secondary N) is 1. The Kier molecular flexibility index (Phi) is 24.3. The molecule has 0 aliphatic heterocycles. The predicted octanol–water partition coefficient (Wildman–Crippen LogP) is -2.30. The molecule has 2 rings (SSSR count). The van der Waals surface area contributed by atoms with E-state index in [1.54, 1.807) is 57.2 Å². The number of anilines is 2. The third kappa shape index (κ3) is 24.2. The van der Waals surface area contributed by atoms with Gasteiger partial charge in [0.25, 0.3) is 6.47 Å². The van der Waals surface area contributed by atoms with Crippen molar-refractivity contribution in [1.29, 1.82) is 0 Å². The van der Waals surface area contributed by atoms with E-state index in [1.165, 1.54) is 12.1 Å². The van der Waals surface area contributed by atoms with Crippen molar-refractivity contribution < 1.29 is 95.3 Å². The maximum absolute atomic E-state index is 11.6. The fourth-order valence-corrected chi connectivity index (χ4v) is 1.43. The normalized spacial score (nSPS) is 9.37. The monoisotopic (exact) mass is 530 g/mol. The van der Waals surface area contributed by atoms with E-state index in [-0.39, 0.29) is 95.1 Å². The van der Waals surface area contributed by atoms with Crippen molar-refractivity contribution in [3.63, 3.8) is 0 Å². The summed E-state index contributed by atoms with van der Waals surface area (Å²) in [6.07, 6.45) is 0. The van der Waals surface area contributed by atoms with Crippen molar-refractivity contribution in [2.45, 2.75) is 41.5 Å². The van der Waals surface area contributed by atoms with E-state index in [0.29, 0.717) is 11.4 Å². The van der Waals surface area contributed by atoms with Gasteiger partial charge in [-0.1, -0.05) is 53.7 Å². The largest absolute Gasteiger partial charge is 1.00 e. The summed E-state index contributed by atoms with van der Waals surface area (Å²) >= 11 is 5.11. The average Bonchev–Trinajstić information content (AvgIpc) is 2.67. The second-order valence-corrected chi connectivity index (χ2v) is 8.91. The van der Waals surface area contributed by atoms with Gasteiger partial charge in [0.2, 0.25) is 11.1 Å². The van der Waals surface area contributed by atoms with Gasteiger partial charge in [-0.25, -0.2) is 0 Å². The Bertz CT molecular complexity index is 876. The number of halogens is 1. The molecule has 9 nitrogen and oxygen atoms in total. The van der Waals surface area contributed by atoms with Crippen LogP contribution in [0.15, 0.2) is 48.5 Å². The summed E-state index contributed by atoms with van der Waals surface area (Å²) in [5, 5.41) is 28.8. The van der Waals surface area contributed by atoms with Crippen LogP contribution in [0, 0.1) is 10.8 Å². The van der Waals surface area contributed by atoms with Crippen LogP contribution in [0.2, 0.25) is 0 Å². The van der Waals surface area contributed by atoms with Crippen LogP contribution in [0.5, 0.6) is 11.5 Å². The van der Waals surface area contributed by atoms with Crippen LogP contribution in [0.4, 0.5) is 11.4 Å². The topological polar surface area (TPSA) is 162 Å². The molecule has 2 aromatic rings. The first-order valence-electron chi connectivity index (χ1n) is 9.61. The van der Waals surface area contributed by atoms with E-state index >= 15 is 0 Å². The maximum atomic E-state index is 11.6. The average molecular weight is 531 g/mol. The quantitative estimate of drug-likeness (QED) is 0.0841. The van der Waals surface area contributed by atoms with Gasteiger partial charge in [0, 0.05) is 34.3 Å². The van der Waals surface area contributed by atoms with E-state index in [1.807, 2.05) is 20.8 Å². The summed E-state index contributed by atoms with van der Waals surface area (Å²) < 4.78 is 0. The number of rotatable bonds is 2. The molecule has 0 atom stereocenters. The van der Waals surface area contributed by atoms with Gasteiger partial charge < -0.3 is 32.8 Å². The second kappa shape index (κ2) is 20.8. The Morgan fingerprint density at radius 2 is 1.37 bits per heavy atom. The van der Waals surface area contributed by atoms with E-state index in [2.05, 4.69) is 10.2 Å². The van der Waals surface area contributed by atoms with Gasteiger partial charge >= 0.3 is 59.1 Å². The number of phenolic OH excluding ortho intramolecular Hbond substituents is 2. The summed E-state index contributed by atoms with van der Waals surface area (Å²) in [7, 11) is 0. The molecule has 0 spiro atoms. The minimum Gasteiger partial charge on any atom is -1.00 e. The molecule has 0 heterocycles. The zero-order valence-corrected chi connectivity index (χ0v) is 26.3. The molecule has 0 saturated heterocycles. The first-order valence-corrected chi connectivity index (χ1v) is 9.99. The van der Waals surface area contributed by atoms with Gasteiger partial charge in [-0.3, -0.25) is 14.4 Å². The van der Waals surface area contributed by atoms with Crippen LogP contribution >= 0.6 is 11.6 Å². The molecule has 186 valence electrons. The number of hydrogen-bond acceptors (Lipinski definition) is 8. The molecule has 5 N–H and O–H groups in total. The molecule has 0 bridgehead atoms. The Morgan fingerprint density at radius 3 is 1.63 bits per heavy atom. The third-order valence-electron chi connectivity index (χ3n) is 3.28. The molecular weight excluding hydrogens is 498 g/mol. The molecule has 35 heavy (non-hydrogen) atoms. The summed E-state index contributed by atoms with van der Waals surface area (Å²) in [5.74, 6) is 0.296. The Morgan fingerprint density at radius 1 is 0.971 bits per heavy atom. The number of nitrogens with two attached hydrogens (primary N) is 1. The Balaban J connectivity index is -0.000000126. The summed E-state index contributed by atoms with van der Waals surface area (Å²) in [6.45, 7) is 10.7. The first kappa shape index (κ1) is 40.9. The number of carbonyl (C=O) groups excluding carboxylic acids is 3. The number of aromatic hydroxyl groups is 2. The zero-order valence-electron chi connectivity index (χ0n) is 22.6. The van der Waals surface area contributed by atoms with Gasteiger partial charge in [0.05, 0.1) is 0 Å². The number of phenols is 2. The minimum atomic E-state index is -0.425. The van der Waals surface area contributed by atoms with Crippen LogP contribution < -0.4 is 75.4 Å². The van der Waals surface area contributed by atoms with Gasteiger partial charge in [0.15, 0.2) is 0 Å². The molecule has 1 amide bonds. The molecule has 0 aromatic heterocycles. The van der Waals surface area contributed by atoms with Crippen molar-refractivity contribution in [2.75, 3.05) is 11.1 Å². The van der Waals surface area contributed by atoms with Crippen molar-refractivity contribution >= 4 is 40.6 Å². The van der Waals surface area contributed by atoms with Crippen molar-refractivity contribution in [1.82, 2.24) is 0 Å². The third-order valence-corrected chi connectivity index (χ3v) is 3.85. The Labute approximate surface area is 257 Å². The zero-order chi connectivity index (χ0) is 26.2. The number of carbonyl (C=O) groups is 3. The molecule has 0 radical (unpaired) electrons. The van der Waals surface area contributed by atoms with Gasteiger partial charge in [-0.05, 0) is 35.9 Å². The number of nitrogen functional groups attached to an aromatic ring is 1. The molecule has 0 aliphatic carbocycles. The molecule has 0 fully saturated rings. The fourth-order valence-electron chi connectivity index (χ4n) is 1.43. The van der Waals surface area contributed by atoms with Gasteiger partial charge in [-0.15, -0.1) is 0 Å². The Hall–Kier alpha value is -1.30. The van der Waals surface area contributed by atoms with E-state index in [0.717, 1.165) is 0 Å². The summed E-state index contributed by atoms with van der Waals surface area (Å²) in [5.41, 5.74) is 5.70. The van der Waals surface area contributed by atoms with Gasteiger partial charge in [0.1, 0.15) is 11.5 Å². The van der Waals surface area contributed by atoms with Crippen LogP contribution in [-0.4, -0.2) is 27.8 Å². The molecule has 0 aliphatic rings. The minimum absolute atomic E-state index is 0. The van der Waals surface area contributed by atoms with Crippen LogP contribution in [0.3, 0.4) is 0 Å². The van der Waals surface area contributed by atoms with Crippen molar-refractivity contribution in [2.24, 2.45) is 10.8 Å². The standard InChI is InChI=1S/C11H15NO2.C6H7NO.C5H9ClO.CH2O3.2Na.H/c1-11(2,3)10(14)12-8-5-4-6-9(13)7-8;7-5-2-1-3-6(8)4-5;1-5(2,3)4(6)7;2-1-4-3;;;/h4-7,13H,1-3H3,(H,12,14);1-4,8H,7H2;1-3H3;1,3H;;;/q;;;;2*+1;-1/p-1. The van der Waals surface area contributed by atoms with Crippen molar-refractivity contribution in [3.8, 4) is 11.5 Å². The van der Waals surface area contributed by atoms with E-state index in [4.69, 9.17) is 32.5 Å². The predicted molar refractivity (Wildman–Crippen MR) is 127 cm³/mol. The number of amides is 1. The van der Waals surface area contributed by atoms with Gasteiger partial charge in [-0.2, -0.15) is 0 Å². The molecule has 2 aromatic carbocycles. The van der Waals surface area contributed by atoms with Crippen LogP contribution in [-0.2, 0) is 19.3 Å². The van der Waals surface area contributed by atoms with Crippen LogP contribution in [0.25, 0.3) is 0 Å². The maximum Gasteiger partial charge on any atom is 1.00 e. The molecule has 0 saturated carbocycles. The van der Waals surface area contributed by atoms with E-state index < -0.39 is 5.41 Å². The molecule has 0 unspecified atom stereocenters. The molecular formula is C23H33ClN2Na2O7. The fraction of sp³-hybridized carbons (Fsp3) is 0.348. The SMILES string of the molecule is CC(C)(C)C(=O)Cl.CC(C)(C)C(=O)Nc1cccc(O)c1.Nc1cccc(O)c1.O=CO[O-].[H-].[Na+].[Na+]. The molecule has 12 heteroatoms. The number of hydrogen-bond donors (Lipinski definition) is 4. The first-order chi connectivity index (χ1) is 15.0. The summed E-state index contributed by atoms with van der Waals surface area (Å²) in [4.78, 5) is 33.0. The van der Waals surface area contributed by atoms with Crippen LogP contribution in [0.1, 0.15) is 43.0 Å². The van der Waals surface area contributed by atoms with E-state index in [9.17, 15) is 14.7 Å². The smallest absolute Gasteiger partial charge is 1.00 e. The summed E-state index contributed by atoms with van der Waals surface area (Å²) in [6, 6.07) is 13.0. The second-order valence-electron chi connectivity index (χ2n) is 8.57. The van der Waals surface area contributed by atoms with Crippen molar-refractivity contribution in [3.05, 3.63) is 48.5 Å². The number of benzene rings is 2.